The Morgan fingerprint density at radius 3 is 2.76 bits per heavy atom. The molecule has 1 aliphatic rings. The Bertz CT molecular complexity index is 837. The molecule has 25 heavy (non-hydrogen) atoms. The summed E-state index contributed by atoms with van der Waals surface area (Å²) >= 11 is 4.96. The number of nitrogens with one attached hydrogen (secondary N) is 1. The van der Waals surface area contributed by atoms with Crippen molar-refractivity contribution in [2.24, 2.45) is 5.92 Å². The Kier molecular flexibility index (Phi) is 5.93. The third-order valence-electron chi connectivity index (χ3n) is 4.19. The van der Waals surface area contributed by atoms with Crippen molar-refractivity contribution in [2.75, 3.05) is 13.1 Å². The highest BCUT2D eigenvalue weighted by molar-refractivity contribution is 9.10. The summed E-state index contributed by atoms with van der Waals surface area (Å²) in [6, 6.07) is 10.4. The van der Waals surface area contributed by atoms with Crippen molar-refractivity contribution in [3.63, 3.8) is 0 Å². The SMILES string of the molecule is O=C(NCc1cc(Br)cs1)C1CCCN(S(=O)(=O)c2ccccc2)C1. The third-order valence-corrected chi connectivity index (χ3v) is 7.77. The fraction of sp³-hybridized carbons (Fsp3) is 0.353. The second-order valence-electron chi connectivity index (χ2n) is 5.96. The summed E-state index contributed by atoms with van der Waals surface area (Å²) in [6.07, 6.45) is 1.40. The van der Waals surface area contributed by atoms with Crippen molar-refractivity contribution < 1.29 is 13.2 Å². The number of rotatable bonds is 5. The Hall–Kier alpha value is -1.22. The van der Waals surface area contributed by atoms with Gasteiger partial charge in [-0.05, 0) is 47.0 Å². The van der Waals surface area contributed by atoms with E-state index >= 15 is 0 Å². The van der Waals surface area contributed by atoms with Crippen LogP contribution in [-0.2, 0) is 21.4 Å². The standard InChI is InChI=1S/C17H19BrN2O3S2/c18-14-9-15(24-12-14)10-19-17(21)13-5-4-8-20(11-13)25(22,23)16-6-2-1-3-7-16/h1-3,6-7,9,12-13H,4-5,8,10-11H2,(H,19,21). The molecule has 1 fully saturated rings. The first-order valence-corrected chi connectivity index (χ1v) is 11.1. The van der Waals surface area contributed by atoms with Crippen molar-refractivity contribution in [1.29, 1.82) is 0 Å². The second kappa shape index (κ2) is 7.99. The Morgan fingerprint density at radius 2 is 2.08 bits per heavy atom. The topological polar surface area (TPSA) is 66.5 Å². The van der Waals surface area contributed by atoms with Crippen molar-refractivity contribution in [2.45, 2.75) is 24.3 Å². The van der Waals surface area contributed by atoms with E-state index in [0.717, 1.165) is 9.35 Å². The first kappa shape index (κ1) is 18.6. The molecule has 1 aromatic carbocycles. The number of thiophene rings is 1. The van der Waals surface area contributed by atoms with E-state index in [0.29, 0.717) is 25.9 Å². The minimum Gasteiger partial charge on any atom is -0.351 e. The molecule has 1 aliphatic heterocycles. The minimum absolute atomic E-state index is 0.0857. The summed E-state index contributed by atoms with van der Waals surface area (Å²) in [5.74, 6) is -0.395. The van der Waals surface area contributed by atoms with Crippen molar-refractivity contribution in [3.05, 3.63) is 51.1 Å². The molecule has 8 heteroatoms. The van der Waals surface area contributed by atoms with Crippen LogP contribution in [0.2, 0.25) is 0 Å². The number of piperidine rings is 1. The lowest BCUT2D eigenvalue weighted by molar-refractivity contribution is -0.126. The molecule has 1 saturated heterocycles. The zero-order valence-electron chi connectivity index (χ0n) is 13.5. The van der Waals surface area contributed by atoms with Crippen LogP contribution in [0, 0.1) is 5.92 Å². The van der Waals surface area contributed by atoms with Crippen LogP contribution < -0.4 is 5.32 Å². The smallest absolute Gasteiger partial charge is 0.243 e. The molecule has 0 radical (unpaired) electrons. The lowest BCUT2D eigenvalue weighted by Gasteiger charge is -2.31. The first-order valence-electron chi connectivity index (χ1n) is 8.02. The van der Waals surface area contributed by atoms with Gasteiger partial charge in [0.15, 0.2) is 0 Å². The van der Waals surface area contributed by atoms with Gasteiger partial charge in [-0.15, -0.1) is 11.3 Å². The minimum atomic E-state index is -3.54. The van der Waals surface area contributed by atoms with Crippen molar-refractivity contribution in [3.8, 4) is 0 Å². The van der Waals surface area contributed by atoms with E-state index < -0.39 is 10.0 Å². The Morgan fingerprint density at radius 1 is 1.32 bits per heavy atom. The molecule has 3 rings (SSSR count). The first-order chi connectivity index (χ1) is 12.0. The van der Waals surface area contributed by atoms with Gasteiger partial charge in [0.25, 0.3) is 0 Å². The van der Waals surface area contributed by atoms with Gasteiger partial charge in [0.1, 0.15) is 0 Å². The van der Waals surface area contributed by atoms with Gasteiger partial charge in [-0.3, -0.25) is 4.79 Å². The molecule has 134 valence electrons. The number of halogens is 1. The van der Waals surface area contributed by atoms with Gasteiger partial charge in [-0.2, -0.15) is 4.31 Å². The number of sulfonamides is 1. The van der Waals surface area contributed by atoms with Gasteiger partial charge >= 0.3 is 0 Å². The van der Waals surface area contributed by atoms with Gasteiger partial charge in [0, 0.05) is 27.8 Å². The molecule has 1 N–H and O–H groups in total. The summed E-state index contributed by atoms with van der Waals surface area (Å²) in [4.78, 5) is 13.8. The van der Waals surface area contributed by atoms with Crippen molar-refractivity contribution >= 4 is 43.2 Å². The molecule has 1 unspecified atom stereocenters. The number of carbonyl (C=O) groups is 1. The van der Waals surface area contributed by atoms with Crippen LogP contribution in [0.4, 0.5) is 0 Å². The van der Waals surface area contributed by atoms with Crippen LogP contribution in [0.3, 0.4) is 0 Å². The Balaban J connectivity index is 1.63. The quantitative estimate of drug-likeness (QED) is 0.772. The maximum absolute atomic E-state index is 12.7. The molecule has 5 nitrogen and oxygen atoms in total. The van der Waals surface area contributed by atoms with Crippen LogP contribution in [-0.4, -0.2) is 31.7 Å². The third kappa shape index (κ3) is 4.49. The highest BCUT2D eigenvalue weighted by Gasteiger charge is 2.33. The van der Waals surface area contributed by atoms with Gasteiger partial charge in [0.05, 0.1) is 17.4 Å². The number of hydrogen-bond donors (Lipinski definition) is 1. The lowest BCUT2D eigenvalue weighted by Crippen LogP contribution is -2.45. The van der Waals surface area contributed by atoms with Crippen LogP contribution in [0.1, 0.15) is 17.7 Å². The average Bonchev–Trinajstić information content (AvgIpc) is 3.06. The number of nitrogens with zero attached hydrogens (tertiary/aromatic N) is 1. The van der Waals surface area contributed by atoms with Gasteiger partial charge in [-0.25, -0.2) is 8.42 Å². The molecular weight excluding hydrogens is 424 g/mol. The van der Waals surface area contributed by atoms with E-state index in [1.54, 1.807) is 41.7 Å². The molecule has 1 atom stereocenters. The molecule has 0 aliphatic carbocycles. The van der Waals surface area contributed by atoms with E-state index in [9.17, 15) is 13.2 Å². The fourth-order valence-corrected chi connectivity index (χ4v) is 5.82. The molecule has 1 amide bonds. The molecule has 2 aromatic rings. The number of carbonyl (C=O) groups excluding carboxylic acids is 1. The van der Waals surface area contributed by atoms with E-state index in [1.165, 1.54) is 4.31 Å². The number of benzene rings is 1. The summed E-state index contributed by atoms with van der Waals surface area (Å²) in [5.41, 5.74) is 0. The largest absolute Gasteiger partial charge is 0.351 e. The fourth-order valence-electron chi connectivity index (χ4n) is 2.88. The second-order valence-corrected chi connectivity index (χ2v) is 9.81. The predicted octanol–water partition coefficient (Wildman–Crippen LogP) is 3.23. The van der Waals surface area contributed by atoms with Crippen LogP contribution >= 0.6 is 27.3 Å². The Labute approximate surface area is 160 Å². The number of hydrogen-bond acceptors (Lipinski definition) is 4. The average molecular weight is 443 g/mol. The predicted molar refractivity (Wildman–Crippen MR) is 102 cm³/mol. The maximum atomic E-state index is 12.7. The molecule has 0 spiro atoms. The van der Waals surface area contributed by atoms with E-state index in [4.69, 9.17) is 0 Å². The van der Waals surface area contributed by atoms with E-state index in [1.807, 2.05) is 11.4 Å². The van der Waals surface area contributed by atoms with Crippen LogP contribution in [0.25, 0.3) is 0 Å². The zero-order chi connectivity index (χ0) is 17.9. The highest BCUT2D eigenvalue weighted by atomic mass is 79.9. The molecular formula is C17H19BrN2O3S2. The molecule has 2 heterocycles. The van der Waals surface area contributed by atoms with Gasteiger partial charge < -0.3 is 5.32 Å². The normalized spacial score (nSPS) is 18.8. The maximum Gasteiger partial charge on any atom is 0.243 e. The molecule has 1 aromatic heterocycles. The van der Waals surface area contributed by atoms with Crippen molar-refractivity contribution in [1.82, 2.24) is 9.62 Å². The monoisotopic (exact) mass is 442 g/mol. The highest BCUT2D eigenvalue weighted by Crippen LogP contribution is 2.24. The summed E-state index contributed by atoms with van der Waals surface area (Å²) in [5, 5.41) is 4.89. The lowest BCUT2D eigenvalue weighted by atomic mass is 9.99. The van der Waals surface area contributed by atoms with E-state index in [2.05, 4.69) is 21.2 Å². The van der Waals surface area contributed by atoms with E-state index in [-0.39, 0.29) is 23.3 Å². The summed E-state index contributed by atoms with van der Waals surface area (Å²) in [6.45, 7) is 1.16. The van der Waals surface area contributed by atoms with Gasteiger partial charge in [-0.1, -0.05) is 18.2 Å². The zero-order valence-corrected chi connectivity index (χ0v) is 16.7. The van der Waals surface area contributed by atoms with Crippen LogP contribution in [0.5, 0.6) is 0 Å². The molecule has 0 bridgehead atoms. The van der Waals surface area contributed by atoms with Gasteiger partial charge in [0.2, 0.25) is 15.9 Å². The van der Waals surface area contributed by atoms with Crippen LogP contribution in [0.15, 0.2) is 51.1 Å². The number of amides is 1. The molecule has 0 saturated carbocycles. The summed E-state index contributed by atoms with van der Waals surface area (Å²) < 4.78 is 27.9. The summed E-state index contributed by atoms with van der Waals surface area (Å²) in [7, 11) is -3.54.